The summed E-state index contributed by atoms with van der Waals surface area (Å²) in [6.07, 6.45) is 0.144. The van der Waals surface area contributed by atoms with E-state index in [0.29, 0.717) is 59.6 Å². The van der Waals surface area contributed by atoms with E-state index in [2.05, 4.69) is 36.3 Å². The molecule has 0 unspecified atom stereocenters. The lowest BCUT2D eigenvalue weighted by atomic mass is 9.98. The van der Waals surface area contributed by atoms with Gasteiger partial charge in [0, 0.05) is 100.0 Å². The molecule has 0 aliphatic carbocycles. The Kier molecular flexibility index (Phi) is 26.1. The fraction of sp³-hybridized carbons (Fsp3) is 0.231. The lowest BCUT2D eigenvalue weighted by Gasteiger charge is -2.14. The number of halogens is 3. The maximum atomic E-state index is 14.0. The van der Waals surface area contributed by atoms with E-state index in [4.69, 9.17) is 36.2 Å². The SMILES string of the molecule is Cc1c(Cc2ccccc2F)c2c(=O)n(C)c(C)c(Br)c2oc1=O.Cc1c(O)c2c(=O)n(C)c(C)cc2oc1=O.Cc1cc(O)cc(=O)n1C.Cc1cc(O)cc(=O)o1.Cc1ccc(S(=O)(=O)Oc2c(C)c(=O)oc3c(Br)c(C)n(C)c(=O)c23)cc1.Cc1ccc(S(=O)(=O)Oc2c(C)c(=O)oc3cc(C)n(C)c(=O)c23)cc1. The van der Waals surface area contributed by atoms with Crippen LogP contribution in [0.2, 0.25) is 0 Å². The molecule has 588 valence electrons. The maximum absolute atomic E-state index is 14.0. The minimum absolute atomic E-state index is 0.0182. The third-order valence-electron chi connectivity index (χ3n) is 18.0. The minimum atomic E-state index is -4.26. The Morgan fingerprint density at radius 2 is 0.812 bits per heavy atom. The summed E-state index contributed by atoms with van der Waals surface area (Å²) in [6, 6.07) is 26.6. The van der Waals surface area contributed by atoms with Crippen molar-refractivity contribution in [3.05, 3.63) is 307 Å². The number of benzene rings is 3. The second kappa shape index (κ2) is 34.1. The minimum Gasteiger partial charge on any atom is -0.508 e. The van der Waals surface area contributed by atoms with Crippen molar-refractivity contribution in [1.29, 1.82) is 0 Å². The summed E-state index contributed by atoms with van der Waals surface area (Å²) in [6.45, 7) is 19.5. The van der Waals surface area contributed by atoms with Crippen molar-refractivity contribution in [3.63, 3.8) is 0 Å². The van der Waals surface area contributed by atoms with Gasteiger partial charge < -0.3 is 68.6 Å². The Morgan fingerprint density at radius 3 is 1.28 bits per heavy atom. The van der Waals surface area contributed by atoms with Gasteiger partial charge in [-0.15, -0.1) is 0 Å². The highest BCUT2D eigenvalue weighted by atomic mass is 79.9. The Bertz CT molecular complexity index is 6850. The van der Waals surface area contributed by atoms with E-state index in [-0.39, 0.29) is 123 Å². The molecule has 0 aliphatic heterocycles. The molecule has 0 amide bonds. The van der Waals surface area contributed by atoms with E-state index in [9.17, 15) is 74.3 Å². The first-order valence-corrected chi connectivity index (χ1v) is 37.7. The molecular formula is C78H74Br2FN5O24S2. The first kappa shape index (κ1) is 85.6. The lowest BCUT2D eigenvalue weighted by molar-refractivity contribution is 0.434. The van der Waals surface area contributed by atoms with Gasteiger partial charge in [0.15, 0.2) is 22.7 Å². The topological polar surface area (TPSA) is 408 Å². The van der Waals surface area contributed by atoms with Crippen LogP contribution in [0.25, 0.3) is 43.9 Å². The fourth-order valence-corrected chi connectivity index (χ4v) is 13.8. The monoisotopic (exact) mass is 1710 g/mol. The first-order chi connectivity index (χ1) is 52.2. The number of hydrogen-bond donors (Lipinski definition) is 3. The number of pyridine rings is 5. The van der Waals surface area contributed by atoms with Crippen LogP contribution in [0.15, 0.2) is 198 Å². The number of aryl methyl sites for hydroxylation is 6. The summed E-state index contributed by atoms with van der Waals surface area (Å²) in [5.41, 5.74) is 1.14. The normalized spacial score (nSPS) is 11.1. The Balaban J connectivity index is 0.000000175. The number of rotatable bonds is 8. The molecule has 0 saturated heterocycles. The van der Waals surface area contributed by atoms with Gasteiger partial charge in [-0.05, 0) is 162 Å². The van der Waals surface area contributed by atoms with Crippen LogP contribution in [0.3, 0.4) is 0 Å². The molecule has 3 aromatic carbocycles. The van der Waals surface area contributed by atoms with Gasteiger partial charge in [0.25, 0.3) is 27.8 Å². The number of aromatic hydroxyl groups is 3. The Labute approximate surface area is 651 Å². The molecule has 0 spiro atoms. The van der Waals surface area contributed by atoms with E-state index < -0.39 is 59.5 Å². The van der Waals surface area contributed by atoms with Crippen molar-refractivity contribution >= 4 is 96.0 Å². The number of aromatic nitrogens is 5. The summed E-state index contributed by atoms with van der Waals surface area (Å²) in [4.78, 5) is 119. The molecule has 13 rings (SSSR count). The van der Waals surface area contributed by atoms with Gasteiger partial charge >= 0.3 is 48.4 Å². The zero-order chi connectivity index (χ0) is 83.5. The predicted molar refractivity (Wildman–Crippen MR) is 423 cm³/mol. The van der Waals surface area contributed by atoms with E-state index in [1.54, 1.807) is 124 Å². The third-order valence-corrected chi connectivity index (χ3v) is 22.3. The number of fused-ring (bicyclic) bond motifs is 4. The standard InChI is InChI=1S/C18H15BrFNO3.C18H16BrNO6S.C18H17NO6S.C11H11NO4.C7H9NO2.C6H6O3/c1-9-12(8-11-6-4-5-7-13(11)20)14-16(24-18(9)23)15(19)10(2)21(3)17(14)22;1-9-5-7-12(8-6-9)27(23,24)26-15-10(2)18(22)25-16-13(15)17(21)20(4)11(3)14(16)19;1-10-5-7-13(8-6-10)26(22,23)25-16-12(3)18(21)24-14-9-11(2)19(4)17(20)15(14)16;1-5-4-7-8(10(14)12(5)3)9(13)6(2)11(15)16-7;1-5-3-6(9)4-7(10)8(5)2;1-4-2-5(7)3-6(8)9-4/h4-7H,8H2,1-3H3;5-8H,1-4H3;5-9H,1-4H3;4,13H,1-3H3;3-4,9H,1-2H3;2-3,7H,1H3. The number of hydrogen-bond acceptors (Lipinski definition) is 24. The third kappa shape index (κ3) is 18.2. The molecule has 3 N–H and O–H groups in total. The summed E-state index contributed by atoms with van der Waals surface area (Å²) in [5.74, 6) is -0.918. The average Bonchev–Trinajstić information content (AvgIpc) is 0.764. The predicted octanol–water partition coefficient (Wildman–Crippen LogP) is 10.6. The maximum Gasteiger partial charge on any atom is 0.343 e. The Hall–Kier alpha value is -12.0. The van der Waals surface area contributed by atoms with E-state index in [1.165, 1.54) is 106 Å². The van der Waals surface area contributed by atoms with Gasteiger partial charge in [0.1, 0.15) is 65.9 Å². The Morgan fingerprint density at radius 1 is 0.420 bits per heavy atom. The molecule has 0 aliphatic rings. The molecule has 10 heterocycles. The van der Waals surface area contributed by atoms with E-state index >= 15 is 0 Å². The molecule has 0 atom stereocenters. The molecule has 10 aromatic heterocycles. The van der Waals surface area contributed by atoms with Crippen LogP contribution in [0.1, 0.15) is 78.7 Å². The van der Waals surface area contributed by atoms with Crippen LogP contribution in [0.4, 0.5) is 4.39 Å². The quantitative estimate of drug-likeness (QED) is 0.119. The zero-order valence-corrected chi connectivity index (χ0v) is 68.0. The molecular weight excluding hydrogens is 1630 g/mol. The summed E-state index contributed by atoms with van der Waals surface area (Å²) >= 11 is 6.69. The highest BCUT2D eigenvalue weighted by molar-refractivity contribution is 9.11. The van der Waals surface area contributed by atoms with Gasteiger partial charge in [0.05, 0.1) is 37.1 Å². The molecule has 112 heavy (non-hydrogen) atoms. The molecule has 34 heteroatoms. The largest absolute Gasteiger partial charge is 0.508 e. The van der Waals surface area contributed by atoms with Crippen LogP contribution < -0.4 is 64.3 Å². The molecule has 0 bridgehead atoms. The van der Waals surface area contributed by atoms with Crippen molar-refractivity contribution in [1.82, 2.24) is 22.8 Å². The average molecular weight is 1710 g/mol. The molecule has 0 saturated carbocycles. The van der Waals surface area contributed by atoms with Crippen molar-refractivity contribution in [2.45, 2.75) is 99.3 Å². The molecule has 29 nitrogen and oxygen atoms in total. The highest BCUT2D eigenvalue weighted by Gasteiger charge is 2.29. The van der Waals surface area contributed by atoms with Gasteiger partial charge in [-0.25, -0.2) is 28.4 Å². The van der Waals surface area contributed by atoms with Crippen LogP contribution in [0, 0.1) is 88.9 Å². The molecule has 0 fully saturated rings. The van der Waals surface area contributed by atoms with Gasteiger partial charge in [-0.3, -0.25) is 24.0 Å². The van der Waals surface area contributed by atoms with Crippen molar-refractivity contribution < 1.29 is 67.0 Å². The summed E-state index contributed by atoms with van der Waals surface area (Å²) in [5, 5.41) is 27.5. The molecule has 13 aromatic rings. The second-order valence-corrected chi connectivity index (χ2v) is 30.4. The fourth-order valence-electron chi connectivity index (χ4n) is 10.7. The van der Waals surface area contributed by atoms with Gasteiger partial charge in [-0.2, -0.15) is 16.8 Å². The lowest BCUT2D eigenvalue weighted by Crippen LogP contribution is -2.23. The summed E-state index contributed by atoms with van der Waals surface area (Å²) in [7, 11) is -0.515. The van der Waals surface area contributed by atoms with Crippen LogP contribution in [-0.2, 0) is 61.9 Å². The van der Waals surface area contributed by atoms with Crippen molar-refractivity contribution in [2.75, 3.05) is 0 Å². The van der Waals surface area contributed by atoms with Crippen LogP contribution in [0.5, 0.6) is 28.7 Å². The second-order valence-electron chi connectivity index (χ2n) is 25.7. The van der Waals surface area contributed by atoms with Gasteiger partial charge in [-0.1, -0.05) is 53.6 Å². The first-order valence-electron chi connectivity index (χ1n) is 33.3. The number of nitrogens with zero attached hydrogens (tertiary/aromatic N) is 5. The van der Waals surface area contributed by atoms with Crippen LogP contribution in [-0.4, -0.2) is 55.0 Å². The van der Waals surface area contributed by atoms with E-state index in [0.717, 1.165) is 22.9 Å². The smallest absolute Gasteiger partial charge is 0.343 e. The van der Waals surface area contributed by atoms with Crippen LogP contribution >= 0.6 is 31.9 Å². The summed E-state index contributed by atoms with van der Waals surface area (Å²) < 4.78 is 108. The highest BCUT2D eigenvalue weighted by Crippen LogP contribution is 2.35. The van der Waals surface area contributed by atoms with Crippen molar-refractivity contribution in [2.24, 2.45) is 35.2 Å². The van der Waals surface area contributed by atoms with E-state index in [1.807, 2.05) is 13.8 Å². The molecule has 0 radical (unpaired) electrons. The van der Waals surface area contributed by atoms with Gasteiger partial charge in [0.2, 0.25) is 0 Å². The van der Waals surface area contributed by atoms with Crippen molar-refractivity contribution in [3.8, 4) is 28.7 Å². The zero-order valence-electron chi connectivity index (χ0n) is 63.2.